The van der Waals surface area contributed by atoms with Crippen LogP contribution in [0.4, 0.5) is 0 Å². The van der Waals surface area contributed by atoms with Gasteiger partial charge in [-0.1, -0.05) is 37.3 Å². The predicted octanol–water partition coefficient (Wildman–Crippen LogP) is 3.90. The summed E-state index contributed by atoms with van der Waals surface area (Å²) in [6.07, 6.45) is 0.437. The summed E-state index contributed by atoms with van der Waals surface area (Å²) in [7, 11) is 3.05. The Balaban J connectivity index is 2.67. The van der Waals surface area contributed by atoms with E-state index in [9.17, 15) is 9.90 Å². The molecule has 2 rings (SSSR count). The Bertz CT molecular complexity index is 714. The van der Waals surface area contributed by atoms with Crippen molar-refractivity contribution in [3.05, 3.63) is 48.0 Å². The minimum atomic E-state index is -0.897. The molecule has 0 spiro atoms. The molecule has 0 aliphatic rings. The Kier molecular flexibility index (Phi) is 7.44. The molecule has 2 aromatic rings. The van der Waals surface area contributed by atoms with E-state index in [1.807, 2.05) is 37.3 Å². The molecule has 1 N–H and O–H groups in total. The van der Waals surface area contributed by atoms with Gasteiger partial charge in [-0.05, 0) is 23.6 Å². The average Bonchev–Trinajstić information content (AvgIpc) is 2.65. The van der Waals surface area contributed by atoms with Crippen LogP contribution in [0.15, 0.2) is 42.5 Å². The first-order chi connectivity index (χ1) is 12.6. The van der Waals surface area contributed by atoms with Crippen LogP contribution in [0.3, 0.4) is 0 Å². The van der Waals surface area contributed by atoms with Crippen molar-refractivity contribution in [1.29, 1.82) is 0 Å². The normalized spacial score (nSPS) is 11.8. The highest BCUT2D eigenvalue weighted by molar-refractivity contribution is 5.84. The van der Waals surface area contributed by atoms with Crippen molar-refractivity contribution < 1.29 is 28.8 Å². The smallest absolute Gasteiger partial charge is 0.310 e. The third-order valence-corrected chi connectivity index (χ3v) is 3.93. The molecule has 6 nitrogen and oxygen atoms in total. The zero-order chi connectivity index (χ0) is 18.9. The van der Waals surface area contributed by atoms with Gasteiger partial charge in [-0.15, -0.1) is 0 Å². The van der Waals surface area contributed by atoms with E-state index >= 15 is 0 Å². The Labute approximate surface area is 153 Å². The highest BCUT2D eigenvalue weighted by Crippen LogP contribution is 2.41. The molecule has 6 heteroatoms. The summed E-state index contributed by atoms with van der Waals surface area (Å²) >= 11 is 0. The molecule has 140 valence electrons. The third-order valence-electron chi connectivity index (χ3n) is 3.93. The minimum Gasteiger partial charge on any atom is -0.481 e. The van der Waals surface area contributed by atoms with E-state index in [0.29, 0.717) is 23.5 Å². The van der Waals surface area contributed by atoms with Crippen LogP contribution >= 0.6 is 0 Å². The van der Waals surface area contributed by atoms with Gasteiger partial charge in [0.15, 0.2) is 13.6 Å². The van der Waals surface area contributed by atoms with Crippen molar-refractivity contribution in [3.8, 4) is 22.6 Å². The summed E-state index contributed by atoms with van der Waals surface area (Å²) in [5, 5.41) is 9.70. The fourth-order valence-electron chi connectivity index (χ4n) is 2.77. The maximum Gasteiger partial charge on any atom is 0.310 e. The van der Waals surface area contributed by atoms with Crippen molar-refractivity contribution in [2.24, 2.45) is 0 Å². The van der Waals surface area contributed by atoms with Crippen LogP contribution in [-0.4, -0.2) is 38.9 Å². The summed E-state index contributed by atoms with van der Waals surface area (Å²) in [4.78, 5) is 11.8. The Hall–Kier alpha value is -2.57. The van der Waals surface area contributed by atoms with Gasteiger partial charge in [-0.25, -0.2) is 0 Å². The zero-order valence-electron chi connectivity index (χ0n) is 15.2. The second kappa shape index (κ2) is 9.79. The van der Waals surface area contributed by atoms with Gasteiger partial charge in [0, 0.05) is 25.8 Å². The fourth-order valence-corrected chi connectivity index (χ4v) is 2.77. The number of rotatable bonds is 10. The summed E-state index contributed by atoms with van der Waals surface area (Å²) in [6, 6.07) is 13.0. The molecule has 0 aliphatic heterocycles. The molecule has 26 heavy (non-hydrogen) atoms. The number of benzene rings is 2. The second-order valence-electron chi connectivity index (χ2n) is 5.65. The van der Waals surface area contributed by atoms with Crippen molar-refractivity contribution in [1.82, 2.24) is 0 Å². The van der Waals surface area contributed by atoms with Crippen LogP contribution in [-0.2, 0) is 14.3 Å². The minimum absolute atomic E-state index is 0.0386. The SMILES string of the molecule is CCC(C(=O)O)c1cc(OCOC)cc(OCOC)c1-c1ccccc1. The molecule has 0 aliphatic carbocycles. The Morgan fingerprint density at radius 1 is 1.04 bits per heavy atom. The molecule has 1 atom stereocenters. The fraction of sp³-hybridized carbons (Fsp3) is 0.350. The molecule has 0 saturated carbocycles. The van der Waals surface area contributed by atoms with Crippen molar-refractivity contribution in [3.63, 3.8) is 0 Å². The van der Waals surface area contributed by atoms with Crippen LogP contribution in [0, 0.1) is 0 Å². The van der Waals surface area contributed by atoms with E-state index in [1.165, 1.54) is 14.2 Å². The number of ether oxygens (including phenoxy) is 4. The average molecular weight is 360 g/mol. The van der Waals surface area contributed by atoms with Gasteiger partial charge in [-0.2, -0.15) is 0 Å². The number of hydrogen-bond donors (Lipinski definition) is 1. The van der Waals surface area contributed by atoms with Gasteiger partial charge in [-0.3, -0.25) is 4.79 Å². The van der Waals surface area contributed by atoms with Crippen molar-refractivity contribution in [2.45, 2.75) is 19.3 Å². The predicted molar refractivity (Wildman–Crippen MR) is 97.6 cm³/mol. The van der Waals surface area contributed by atoms with E-state index in [2.05, 4.69) is 0 Å². The highest BCUT2D eigenvalue weighted by atomic mass is 16.7. The molecule has 0 fully saturated rings. The largest absolute Gasteiger partial charge is 0.481 e. The first-order valence-electron chi connectivity index (χ1n) is 8.32. The number of methoxy groups -OCH3 is 2. The highest BCUT2D eigenvalue weighted by Gasteiger charge is 2.25. The number of carboxylic acid groups (broad SMARTS) is 1. The molecule has 2 aromatic carbocycles. The van der Waals surface area contributed by atoms with E-state index in [0.717, 1.165) is 11.1 Å². The summed E-state index contributed by atoms with van der Waals surface area (Å²) in [6.45, 7) is 1.93. The van der Waals surface area contributed by atoms with Crippen molar-refractivity contribution >= 4 is 5.97 Å². The monoisotopic (exact) mass is 360 g/mol. The molecule has 0 amide bonds. The summed E-state index contributed by atoms with van der Waals surface area (Å²) < 4.78 is 21.3. The molecule has 0 bridgehead atoms. The lowest BCUT2D eigenvalue weighted by Gasteiger charge is -2.21. The first kappa shape index (κ1) is 19.8. The van der Waals surface area contributed by atoms with Crippen LogP contribution in [0.25, 0.3) is 11.1 Å². The van der Waals surface area contributed by atoms with Crippen LogP contribution in [0.5, 0.6) is 11.5 Å². The molecule has 1 unspecified atom stereocenters. The zero-order valence-corrected chi connectivity index (χ0v) is 15.2. The number of carboxylic acids is 1. The van der Waals surface area contributed by atoms with Crippen LogP contribution in [0.2, 0.25) is 0 Å². The Morgan fingerprint density at radius 2 is 1.69 bits per heavy atom. The Morgan fingerprint density at radius 3 is 2.27 bits per heavy atom. The quantitative estimate of drug-likeness (QED) is 0.648. The topological polar surface area (TPSA) is 74.2 Å². The van der Waals surface area contributed by atoms with Gasteiger partial charge in [0.2, 0.25) is 0 Å². The summed E-state index contributed by atoms with van der Waals surface area (Å²) in [5.41, 5.74) is 2.22. The molecule has 0 radical (unpaired) electrons. The van der Waals surface area contributed by atoms with Gasteiger partial charge >= 0.3 is 5.97 Å². The van der Waals surface area contributed by atoms with Crippen LogP contribution < -0.4 is 9.47 Å². The number of aliphatic carboxylic acids is 1. The maximum atomic E-state index is 11.8. The standard InChI is InChI=1S/C20H24O6/c1-4-16(20(21)22)17-10-15(25-12-23-2)11-18(26-13-24-3)19(17)14-8-6-5-7-9-14/h5-11,16H,4,12-13H2,1-3H3,(H,21,22). The van der Waals surface area contributed by atoms with Gasteiger partial charge in [0.25, 0.3) is 0 Å². The first-order valence-corrected chi connectivity index (χ1v) is 8.32. The maximum absolute atomic E-state index is 11.8. The number of carbonyl (C=O) groups is 1. The van der Waals surface area contributed by atoms with E-state index in [4.69, 9.17) is 18.9 Å². The summed E-state index contributed by atoms with van der Waals surface area (Å²) in [5.74, 6) is -0.610. The van der Waals surface area contributed by atoms with Gasteiger partial charge in [0.05, 0.1) is 5.92 Å². The van der Waals surface area contributed by atoms with E-state index in [-0.39, 0.29) is 13.6 Å². The van der Waals surface area contributed by atoms with E-state index < -0.39 is 11.9 Å². The number of hydrogen-bond acceptors (Lipinski definition) is 5. The lowest BCUT2D eigenvalue weighted by molar-refractivity contribution is -0.138. The molecule has 0 heterocycles. The van der Waals surface area contributed by atoms with Gasteiger partial charge in [0.1, 0.15) is 11.5 Å². The molecule has 0 aromatic heterocycles. The van der Waals surface area contributed by atoms with E-state index in [1.54, 1.807) is 12.1 Å². The van der Waals surface area contributed by atoms with Crippen molar-refractivity contribution in [2.75, 3.05) is 27.8 Å². The molecular weight excluding hydrogens is 336 g/mol. The second-order valence-corrected chi connectivity index (χ2v) is 5.65. The molecule has 0 saturated heterocycles. The van der Waals surface area contributed by atoms with Crippen LogP contribution in [0.1, 0.15) is 24.8 Å². The van der Waals surface area contributed by atoms with Gasteiger partial charge < -0.3 is 24.1 Å². The molecular formula is C20H24O6. The lowest BCUT2D eigenvalue weighted by Crippen LogP contribution is -2.13. The third kappa shape index (κ3) is 4.74. The lowest BCUT2D eigenvalue weighted by atomic mass is 9.88.